The molecule has 2 fully saturated rings. The van der Waals surface area contributed by atoms with Gasteiger partial charge in [-0.25, -0.2) is 9.59 Å². The van der Waals surface area contributed by atoms with Crippen molar-refractivity contribution >= 4 is 17.9 Å². The van der Waals surface area contributed by atoms with Crippen LogP contribution < -0.4 is 4.74 Å². The van der Waals surface area contributed by atoms with Gasteiger partial charge in [0.2, 0.25) is 0 Å². The fourth-order valence-corrected chi connectivity index (χ4v) is 6.88. The lowest BCUT2D eigenvalue weighted by Crippen LogP contribution is -2.30. The van der Waals surface area contributed by atoms with Gasteiger partial charge in [0.1, 0.15) is 5.75 Å². The highest BCUT2D eigenvalue weighted by atomic mass is 16.5. The Kier molecular flexibility index (Phi) is 15.9. The minimum Gasteiger partial charge on any atom is -0.462 e. The third-order valence-electron chi connectivity index (χ3n) is 9.77. The number of benzene rings is 1. The molecular formula is C38H56O7. The molecule has 0 spiro atoms. The molecule has 1 atom stereocenters. The quantitative estimate of drug-likeness (QED) is 0.0766. The number of rotatable bonds is 18. The summed E-state index contributed by atoms with van der Waals surface area (Å²) < 4.78 is 16.3. The van der Waals surface area contributed by atoms with Crippen LogP contribution in [-0.2, 0) is 30.3 Å². The van der Waals surface area contributed by atoms with Crippen molar-refractivity contribution in [1.82, 2.24) is 0 Å². The number of hydrogen-bond acceptors (Lipinski definition) is 7. The Hall–Kier alpha value is -2.93. The van der Waals surface area contributed by atoms with Crippen molar-refractivity contribution in [2.45, 2.75) is 110 Å². The van der Waals surface area contributed by atoms with E-state index in [4.69, 9.17) is 19.3 Å². The zero-order valence-corrected chi connectivity index (χ0v) is 27.7. The van der Waals surface area contributed by atoms with Crippen molar-refractivity contribution in [1.29, 1.82) is 0 Å². The minimum absolute atomic E-state index is 0.0126. The molecule has 1 unspecified atom stereocenters. The van der Waals surface area contributed by atoms with Gasteiger partial charge in [-0.1, -0.05) is 83.6 Å². The SMILES string of the molecule is C=C(C)C(=O)OCC(COC(=O)C(=C)CO)Cc1ccc(OC(=O)C2CCC(C3CCC(CCCCCCC)CC3)CC2)cc1. The molecule has 2 aliphatic rings. The van der Waals surface area contributed by atoms with E-state index in [0.717, 1.165) is 49.0 Å². The number of unbranched alkanes of at least 4 members (excludes halogenated alkanes) is 4. The third kappa shape index (κ3) is 12.8. The summed E-state index contributed by atoms with van der Waals surface area (Å²) in [6, 6.07) is 7.28. The van der Waals surface area contributed by atoms with Crippen molar-refractivity contribution in [3.63, 3.8) is 0 Å². The Balaban J connectivity index is 1.41. The van der Waals surface area contributed by atoms with E-state index in [1.807, 2.05) is 12.1 Å². The highest BCUT2D eigenvalue weighted by Gasteiger charge is 2.33. The predicted octanol–water partition coefficient (Wildman–Crippen LogP) is 7.94. The smallest absolute Gasteiger partial charge is 0.335 e. The Morgan fingerprint density at radius 1 is 0.822 bits per heavy atom. The number of carbonyl (C=O) groups excluding carboxylic acids is 3. The molecule has 1 aromatic carbocycles. The van der Waals surface area contributed by atoms with E-state index in [2.05, 4.69) is 20.1 Å². The highest BCUT2D eigenvalue weighted by Crippen LogP contribution is 2.42. The fraction of sp³-hybridized carbons (Fsp3) is 0.658. The molecule has 0 heterocycles. The largest absolute Gasteiger partial charge is 0.462 e. The molecule has 45 heavy (non-hydrogen) atoms. The summed E-state index contributed by atoms with van der Waals surface area (Å²) in [6.07, 6.45) is 18.3. The molecule has 0 aromatic heterocycles. The average Bonchev–Trinajstić information content (AvgIpc) is 3.06. The van der Waals surface area contributed by atoms with Crippen molar-refractivity contribution in [3.05, 3.63) is 54.1 Å². The molecule has 0 aliphatic heterocycles. The molecule has 3 rings (SSSR count). The highest BCUT2D eigenvalue weighted by molar-refractivity contribution is 5.88. The fourth-order valence-electron chi connectivity index (χ4n) is 6.88. The lowest BCUT2D eigenvalue weighted by Gasteiger charge is -2.37. The average molecular weight is 625 g/mol. The number of hydrogen-bond donors (Lipinski definition) is 1. The van der Waals surface area contributed by atoms with E-state index >= 15 is 0 Å². The Bertz CT molecular complexity index is 1090. The monoisotopic (exact) mass is 624 g/mol. The molecule has 250 valence electrons. The van der Waals surface area contributed by atoms with E-state index in [0.29, 0.717) is 12.2 Å². The van der Waals surface area contributed by atoms with Crippen LogP contribution in [0, 0.1) is 29.6 Å². The van der Waals surface area contributed by atoms with Gasteiger partial charge < -0.3 is 19.3 Å². The lowest BCUT2D eigenvalue weighted by molar-refractivity contribution is -0.144. The van der Waals surface area contributed by atoms with Gasteiger partial charge in [-0.05, 0) is 87.3 Å². The lowest BCUT2D eigenvalue weighted by atomic mass is 9.68. The summed E-state index contributed by atoms with van der Waals surface area (Å²) in [4.78, 5) is 36.9. The van der Waals surface area contributed by atoms with Crippen molar-refractivity contribution in [3.8, 4) is 5.75 Å². The maximum Gasteiger partial charge on any atom is 0.335 e. The van der Waals surface area contributed by atoms with Crippen LogP contribution in [0.25, 0.3) is 0 Å². The first-order chi connectivity index (χ1) is 21.7. The number of ether oxygens (including phenoxy) is 3. The molecule has 7 nitrogen and oxygen atoms in total. The predicted molar refractivity (Wildman–Crippen MR) is 177 cm³/mol. The standard InChI is InChI=1S/C38H56O7/c1-5-6-7-8-9-10-29-11-15-32(16-12-29)33-17-19-34(20-18-33)38(42)45-35-21-13-30(14-22-35)23-31(25-43-36(40)27(2)3)26-44-37(41)28(4)24-39/h13-14,21-22,29,31-34,39H,2,4-12,15-20,23-26H2,1,3H3. The van der Waals surface area contributed by atoms with Crippen LogP contribution in [0.1, 0.15) is 109 Å². The van der Waals surface area contributed by atoms with Gasteiger partial charge in [-0.3, -0.25) is 4.79 Å². The Morgan fingerprint density at radius 3 is 1.98 bits per heavy atom. The van der Waals surface area contributed by atoms with Crippen LogP contribution in [0.5, 0.6) is 5.75 Å². The molecule has 0 saturated heterocycles. The van der Waals surface area contributed by atoms with Gasteiger partial charge in [-0.2, -0.15) is 0 Å². The van der Waals surface area contributed by atoms with Crippen LogP contribution in [0.4, 0.5) is 0 Å². The third-order valence-corrected chi connectivity index (χ3v) is 9.77. The molecule has 7 heteroatoms. The molecule has 1 N–H and O–H groups in total. The van der Waals surface area contributed by atoms with Crippen LogP contribution in [0.3, 0.4) is 0 Å². The maximum absolute atomic E-state index is 13.0. The second-order valence-electron chi connectivity index (χ2n) is 13.5. The molecule has 2 saturated carbocycles. The van der Waals surface area contributed by atoms with Gasteiger partial charge in [-0.15, -0.1) is 0 Å². The second kappa shape index (κ2) is 19.6. The normalized spacial score (nSPS) is 22.2. The summed E-state index contributed by atoms with van der Waals surface area (Å²) in [5.74, 6) is 1.30. The second-order valence-corrected chi connectivity index (χ2v) is 13.5. The number of aliphatic hydroxyl groups is 1. The molecule has 1 aromatic rings. The molecule has 2 aliphatic carbocycles. The van der Waals surface area contributed by atoms with Crippen molar-refractivity contribution in [2.24, 2.45) is 29.6 Å². The van der Waals surface area contributed by atoms with Gasteiger partial charge in [0.25, 0.3) is 0 Å². The maximum atomic E-state index is 13.0. The number of carbonyl (C=O) groups is 3. The molecule has 0 radical (unpaired) electrons. The molecular weight excluding hydrogens is 568 g/mol. The van der Waals surface area contributed by atoms with Gasteiger partial charge in [0.05, 0.1) is 31.3 Å². The van der Waals surface area contributed by atoms with Gasteiger partial charge in [0, 0.05) is 11.5 Å². The van der Waals surface area contributed by atoms with E-state index < -0.39 is 18.5 Å². The number of esters is 3. The van der Waals surface area contributed by atoms with Crippen LogP contribution in [0.15, 0.2) is 48.6 Å². The zero-order chi connectivity index (χ0) is 32.6. The first-order valence-corrected chi connectivity index (χ1v) is 17.3. The van der Waals surface area contributed by atoms with Crippen LogP contribution in [0.2, 0.25) is 0 Å². The molecule has 0 bridgehead atoms. The van der Waals surface area contributed by atoms with Crippen LogP contribution in [-0.4, -0.2) is 42.8 Å². The topological polar surface area (TPSA) is 99.1 Å². The first-order valence-electron chi connectivity index (χ1n) is 17.3. The summed E-state index contributed by atoms with van der Waals surface area (Å²) in [7, 11) is 0. The van der Waals surface area contributed by atoms with E-state index in [-0.39, 0.29) is 42.2 Å². The number of aliphatic hydroxyl groups excluding tert-OH is 1. The first kappa shape index (κ1) is 36.5. The van der Waals surface area contributed by atoms with Crippen LogP contribution >= 0.6 is 0 Å². The van der Waals surface area contributed by atoms with E-state index in [1.165, 1.54) is 64.2 Å². The van der Waals surface area contributed by atoms with E-state index in [1.54, 1.807) is 19.1 Å². The minimum atomic E-state index is -0.694. The summed E-state index contributed by atoms with van der Waals surface area (Å²) in [6.45, 7) is 10.4. The molecule has 0 amide bonds. The summed E-state index contributed by atoms with van der Waals surface area (Å²) in [5.41, 5.74) is 1.15. The summed E-state index contributed by atoms with van der Waals surface area (Å²) in [5, 5.41) is 9.11. The van der Waals surface area contributed by atoms with Crippen molar-refractivity contribution < 1.29 is 33.7 Å². The zero-order valence-electron chi connectivity index (χ0n) is 27.7. The van der Waals surface area contributed by atoms with Gasteiger partial charge in [0.15, 0.2) is 0 Å². The Labute approximate surface area is 270 Å². The summed E-state index contributed by atoms with van der Waals surface area (Å²) >= 11 is 0. The van der Waals surface area contributed by atoms with Gasteiger partial charge >= 0.3 is 17.9 Å². The van der Waals surface area contributed by atoms with Crippen molar-refractivity contribution in [2.75, 3.05) is 19.8 Å². The van der Waals surface area contributed by atoms with E-state index in [9.17, 15) is 14.4 Å². The Morgan fingerprint density at radius 2 is 1.40 bits per heavy atom.